The van der Waals surface area contributed by atoms with E-state index in [1.807, 2.05) is 6.92 Å². The number of nitrogens with one attached hydrogen (secondary N) is 1. The predicted octanol–water partition coefficient (Wildman–Crippen LogP) is 2.71. The highest BCUT2D eigenvalue weighted by atomic mass is 79.9. The van der Waals surface area contributed by atoms with Crippen LogP contribution in [-0.4, -0.2) is 16.1 Å². The minimum absolute atomic E-state index is 0.256. The van der Waals surface area contributed by atoms with Gasteiger partial charge in [-0.25, -0.2) is 0 Å². The largest absolute Gasteiger partial charge is 0.457 e. The Bertz CT molecular complexity index is 508. The summed E-state index contributed by atoms with van der Waals surface area (Å²) in [5.74, 6) is -0.256. The normalized spacial score (nSPS) is 10.4. The van der Waals surface area contributed by atoms with E-state index >= 15 is 0 Å². The Morgan fingerprint density at radius 2 is 2.44 bits per heavy atom. The van der Waals surface area contributed by atoms with Gasteiger partial charge in [0.1, 0.15) is 11.3 Å². The zero-order chi connectivity index (χ0) is 11.5. The monoisotopic (exact) mass is 301 g/mol. The van der Waals surface area contributed by atoms with Gasteiger partial charge in [0.25, 0.3) is 5.91 Å². The fraction of sp³-hybridized carbons (Fsp3) is 0.222. The molecule has 7 heteroatoms. The topological polar surface area (TPSA) is 68.0 Å². The highest BCUT2D eigenvalue weighted by Gasteiger charge is 2.11. The number of halogens is 1. The van der Waals surface area contributed by atoms with Gasteiger partial charge in [0, 0.05) is 6.07 Å². The van der Waals surface area contributed by atoms with E-state index in [9.17, 15) is 4.79 Å². The molecule has 0 saturated carbocycles. The van der Waals surface area contributed by atoms with Crippen LogP contribution >= 0.6 is 27.3 Å². The quantitative estimate of drug-likeness (QED) is 0.946. The zero-order valence-electron chi connectivity index (χ0n) is 8.36. The molecular formula is C9H8BrN3O2S. The number of rotatable bonds is 3. The summed E-state index contributed by atoms with van der Waals surface area (Å²) in [5, 5.41) is 11.8. The Kier molecular flexibility index (Phi) is 3.35. The van der Waals surface area contributed by atoms with Crippen LogP contribution in [-0.2, 0) is 6.42 Å². The number of amides is 1. The second kappa shape index (κ2) is 4.75. The second-order valence-electron chi connectivity index (χ2n) is 2.95. The molecular weight excluding hydrogens is 294 g/mol. The van der Waals surface area contributed by atoms with Crippen LogP contribution in [0.5, 0.6) is 0 Å². The molecule has 84 valence electrons. The first-order valence-corrected chi connectivity index (χ1v) is 6.17. The summed E-state index contributed by atoms with van der Waals surface area (Å²) in [4.78, 5) is 11.7. The van der Waals surface area contributed by atoms with E-state index < -0.39 is 0 Å². The molecule has 5 nitrogen and oxygen atoms in total. The first-order valence-electron chi connectivity index (χ1n) is 4.57. The molecule has 0 spiro atoms. The fourth-order valence-electron chi connectivity index (χ4n) is 1.05. The average molecular weight is 302 g/mol. The van der Waals surface area contributed by atoms with E-state index in [0.717, 1.165) is 11.4 Å². The van der Waals surface area contributed by atoms with Crippen LogP contribution in [0, 0.1) is 0 Å². The van der Waals surface area contributed by atoms with E-state index in [2.05, 4.69) is 31.4 Å². The summed E-state index contributed by atoms with van der Waals surface area (Å²) in [5.41, 5.74) is 0.445. The van der Waals surface area contributed by atoms with Crippen LogP contribution in [0.1, 0.15) is 22.3 Å². The Morgan fingerprint density at radius 3 is 3.00 bits per heavy atom. The van der Waals surface area contributed by atoms with Crippen molar-refractivity contribution in [3.8, 4) is 0 Å². The number of hydrogen-bond donors (Lipinski definition) is 1. The van der Waals surface area contributed by atoms with Crippen LogP contribution in [0.25, 0.3) is 0 Å². The number of hydrogen-bond acceptors (Lipinski definition) is 5. The first-order chi connectivity index (χ1) is 7.69. The van der Waals surface area contributed by atoms with Gasteiger partial charge in [0.15, 0.2) is 4.67 Å². The molecule has 2 rings (SSSR count). The van der Waals surface area contributed by atoms with Crippen LogP contribution in [0.4, 0.5) is 5.13 Å². The van der Waals surface area contributed by atoms with E-state index in [4.69, 9.17) is 4.42 Å². The summed E-state index contributed by atoms with van der Waals surface area (Å²) in [6.07, 6.45) is 2.19. The van der Waals surface area contributed by atoms with Crippen LogP contribution in [0.2, 0.25) is 0 Å². The van der Waals surface area contributed by atoms with Crippen molar-refractivity contribution in [2.75, 3.05) is 5.32 Å². The number of carbonyl (C=O) groups is 1. The Balaban J connectivity index is 2.07. The average Bonchev–Trinajstić information content (AvgIpc) is 2.87. The van der Waals surface area contributed by atoms with Crippen molar-refractivity contribution in [1.29, 1.82) is 0 Å². The molecule has 0 aliphatic carbocycles. The van der Waals surface area contributed by atoms with Gasteiger partial charge < -0.3 is 4.42 Å². The van der Waals surface area contributed by atoms with Crippen LogP contribution in [0.15, 0.2) is 21.4 Å². The Hall–Kier alpha value is -1.21. The highest BCUT2D eigenvalue weighted by Crippen LogP contribution is 2.18. The summed E-state index contributed by atoms with van der Waals surface area (Å²) >= 11 is 4.50. The molecule has 0 saturated heterocycles. The van der Waals surface area contributed by atoms with E-state index in [-0.39, 0.29) is 5.91 Å². The Labute approximate surface area is 104 Å². The van der Waals surface area contributed by atoms with Gasteiger partial charge in [-0.1, -0.05) is 18.3 Å². The zero-order valence-corrected chi connectivity index (χ0v) is 10.8. The van der Waals surface area contributed by atoms with Crippen molar-refractivity contribution in [3.05, 3.63) is 27.6 Å². The van der Waals surface area contributed by atoms with E-state index in [1.165, 1.54) is 17.6 Å². The molecule has 16 heavy (non-hydrogen) atoms. The molecule has 0 aliphatic rings. The Morgan fingerprint density at radius 1 is 1.62 bits per heavy atom. The van der Waals surface area contributed by atoms with Crippen molar-refractivity contribution in [3.63, 3.8) is 0 Å². The molecule has 0 unspecified atom stereocenters. The molecule has 0 aliphatic heterocycles. The number of aryl methyl sites for hydroxylation is 1. The maximum Gasteiger partial charge on any atom is 0.260 e. The van der Waals surface area contributed by atoms with Crippen LogP contribution in [0.3, 0.4) is 0 Å². The molecule has 0 bridgehead atoms. The summed E-state index contributed by atoms with van der Waals surface area (Å²) in [6.45, 7) is 1.99. The maximum absolute atomic E-state index is 11.7. The minimum atomic E-state index is -0.256. The minimum Gasteiger partial charge on any atom is -0.457 e. The van der Waals surface area contributed by atoms with Crippen LogP contribution < -0.4 is 5.32 Å². The van der Waals surface area contributed by atoms with Gasteiger partial charge in [-0.15, -0.1) is 10.2 Å². The third-order valence-electron chi connectivity index (χ3n) is 1.82. The smallest absolute Gasteiger partial charge is 0.260 e. The van der Waals surface area contributed by atoms with Crippen molar-refractivity contribution in [1.82, 2.24) is 10.2 Å². The van der Waals surface area contributed by atoms with Crippen molar-refractivity contribution in [2.24, 2.45) is 0 Å². The summed E-state index contributed by atoms with van der Waals surface area (Å²) in [7, 11) is 0. The van der Waals surface area contributed by atoms with Crippen molar-refractivity contribution >= 4 is 38.3 Å². The third kappa shape index (κ3) is 2.48. The molecule has 0 radical (unpaired) electrons. The number of furan rings is 1. The summed E-state index contributed by atoms with van der Waals surface area (Å²) in [6, 6.07) is 1.59. The molecule has 1 N–H and O–H groups in total. The first kappa shape index (κ1) is 11.3. The van der Waals surface area contributed by atoms with Crippen molar-refractivity contribution in [2.45, 2.75) is 13.3 Å². The molecule has 2 heterocycles. The van der Waals surface area contributed by atoms with Gasteiger partial charge in [-0.3, -0.25) is 10.1 Å². The maximum atomic E-state index is 11.7. The lowest BCUT2D eigenvalue weighted by atomic mass is 10.3. The number of anilines is 1. The van der Waals surface area contributed by atoms with Gasteiger partial charge >= 0.3 is 0 Å². The number of carbonyl (C=O) groups excluding carboxylic acids is 1. The van der Waals surface area contributed by atoms with Gasteiger partial charge in [0.2, 0.25) is 5.13 Å². The number of aromatic nitrogens is 2. The van der Waals surface area contributed by atoms with E-state index in [0.29, 0.717) is 15.4 Å². The lowest BCUT2D eigenvalue weighted by Crippen LogP contribution is -2.10. The predicted molar refractivity (Wildman–Crippen MR) is 63.6 cm³/mol. The fourth-order valence-corrected chi connectivity index (χ4v) is 2.06. The lowest BCUT2D eigenvalue weighted by molar-refractivity contribution is 0.102. The van der Waals surface area contributed by atoms with Gasteiger partial charge in [0.05, 0.1) is 5.56 Å². The molecule has 2 aromatic rings. The van der Waals surface area contributed by atoms with Crippen molar-refractivity contribution < 1.29 is 9.21 Å². The molecule has 0 atom stereocenters. The van der Waals surface area contributed by atoms with Gasteiger partial charge in [-0.2, -0.15) is 0 Å². The van der Waals surface area contributed by atoms with Gasteiger partial charge in [-0.05, 0) is 22.4 Å². The van der Waals surface area contributed by atoms with E-state index in [1.54, 1.807) is 6.07 Å². The highest BCUT2D eigenvalue weighted by molar-refractivity contribution is 9.10. The second-order valence-corrected chi connectivity index (χ2v) is 4.79. The standard InChI is InChI=1S/C9H8BrN3O2S/c1-2-7-12-13-9(16-7)11-8(14)5-3-6(10)15-4-5/h3-4H,2H2,1H3,(H,11,13,14). The number of nitrogens with zero attached hydrogens (tertiary/aromatic N) is 2. The summed E-state index contributed by atoms with van der Waals surface area (Å²) < 4.78 is 5.49. The molecule has 2 aromatic heterocycles. The lowest BCUT2D eigenvalue weighted by Gasteiger charge is -1.95. The third-order valence-corrected chi connectivity index (χ3v) is 3.22. The SMILES string of the molecule is CCc1nnc(NC(=O)c2coc(Br)c2)s1. The molecule has 0 fully saturated rings. The molecule has 0 aromatic carbocycles. The molecule has 1 amide bonds.